The molecule has 2 unspecified atom stereocenters. The van der Waals surface area contributed by atoms with Gasteiger partial charge in [-0.05, 0) is 19.2 Å². The highest BCUT2D eigenvalue weighted by molar-refractivity contribution is 5.48. The Bertz CT molecular complexity index is 549. The van der Waals surface area contributed by atoms with Gasteiger partial charge in [-0.3, -0.25) is 0 Å². The predicted molar refractivity (Wildman–Crippen MR) is 86.8 cm³/mol. The minimum Gasteiger partial charge on any atom is -0.487 e. The Balaban J connectivity index is 1.94. The molecule has 0 saturated heterocycles. The van der Waals surface area contributed by atoms with E-state index in [1.807, 2.05) is 19.9 Å². The number of likely N-dealkylation sites (N-methyl/N-ethyl adjacent to an activating group) is 1. The highest BCUT2D eigenvalue weighted by Crippen LogP contribution is 2.35. The second kappa shape index (κ2) is 8.70. The molecule has 134 valence electrons. The molecule has 0 amide bonds. The van der Waals surface area contributed by atoms with Crippen LogP contribution in [0.2, 0.25) is 0 Å². The van der Waals surface area contributed by atoms with E-state index in [2.05, 4.69) is 9.74 Å². The Morgan fingerprint density at radius 3 is 2.88 bits per heavy atom. The van der Waals surface area contributed by atoms with Gasteiger partial charge in [0.25, 0.3) is 5.09 Å². The van der Waals surface area contributed by atoms with Crippen LogP contribution >= 0.6 is 0 Å². The molecule has 0 aromatic heterocycles. The predicted octanol–water partition coefficient (Wildman–Crippen LogP) is 1.28. The quantitative estimate of drug-likeness (QED) is 0.534. The summed E-state index contributed by atoms with van der Waals surface area (Å²) in [6, 6.07) is 5.38. The summed E-state index contributed by atoms with van der Waals surface area (Å²) in [5.74, 6) is 1.10. The van der Waals surface area contributed by atoms with Crippen molar-refractivity contribution in [2.45, 2.75) is 32.5 Å². The molecule has 1 aromatic carbocycles. The van der Waals surface area contributed by atoms with Crippen LogP contribution in [0.15, 0.2) is 18.2 Å². The normalized spacial score (nSPS) is 17.8. The van der Waals surface area contributed by atoms with Gasteiger partial charge in [-0.1, -0.05) is 26.0 Å². The maximum Gasteiger partial charge on any atom is 0.294 e. The second-order valence-electron chi connectivity index (χ2n) is 5.66. The first kappa shape index (κ1) is 18.3. The van der Waals surface area contributed by atoms with Gasteiger partial charge in [0.15, 0.2) is 11.5 Å². The van der Waals surface area contributed by atoms with E-state index in [-0.39, 0.29) is 13.2 Å². The van der Waals surface area contributed by atoms with Gasteiger partial charge in [-0.2, -0.15) is 0 Å². The molecule has 0 spiro atoms. The molecule has 1 N–H and O–H groups in total. The first-order valence-electron chi connectivity index (χ1n) is 8.12. The SMILES string of the molecule is CCN(CC)CC(O)COc1cccc2c1OCC(O[N+](=O)[O-])C2. The summed E-state index contributed by atoms with van der Waals surface area (Å²) in [5, 5.41) is 19.7. The first-order chi connectivity index (χ1) is 11.5. The van der Waals surface area contributed by atoms with Crippen molar-refractivity contribution >= 4 is 0 Å². The molecule has 0 aliphatic carbocycles. The molecular weight excluding hydrogens is 316 g/mol. The van der Waals surface area contributed by atoms with E-state index in [0.717, 1.165) is 18.7 Å². The zero-order valence-corrected chi connectivity index (χ0v) is 14.0. The average molecular weight is 340 g/mol. The zero-order chi connectivity index (χ0) is 17.5. The van der Waals surface area contributed by atoms with Crippen molar-refractivity contribution in [1.82, 2.24) is 4.90 Å². The van der Waals surface area contributed by atoms with Crippen LogP contribution < -0.4 is 9.47 Å². The van der Waals surface area contributed by atoms with Crippen molar-refractivity contribution in [3.05, 3.63) is 33.9 Å². The lowest BCUT2D eigenvalue weighted by atomic mass is 10.0. The van der Waals surface area contributed by atoms with Crippen LogP contribution in [-0.2, 0) is 11.3 Å². The van der Waals surface area contributed by atoms with Gasteiger partial charge in [-0.15, -0.1) is 10.1 Å². The monoisotopic (exact) mass is 340 g/mol. The Hall–Kier alpha value is -2.06. The lowest BCUT2D eigenvalue weighted by Gasteiger charge is -2.26. The molecule has 0 fully saturated rings. The highest BCUT2D eigenvalue weighted by Gasteiger charge is 2.25. The summed E-state index contributed by atoms with van der Waals surface area (Å²) < 4.78 is 11.3. The van der Waals surface area contributed by atoms with Crippen LogP contribution in [0, 0.1) is 10.1 Å². The van der Waals surface area contributed by atoms with E-state index in [0.29, 0.717) is 24.5 Å². The molecule has 1 aliphatic rings. The van der Waals surface area contributed by atoms with E-state index in [4.69, 9.17) is 9.47 Å². The number of nitrogens with zero attached hydrogens (tertiary/aromatic N) is 2. The van der Waals surface area contributed by atoms with Crippen LogP contribution in [-0.4, -0.2) is 60.1 Å². The van der Waals surface area contributed by atoms with E-state index in [1.165, 1.54) is 0 Å². The number of rotatable bonds is 9. The molecule has 1 heterocycles. The number of fused-ring (bicyclic) bond motifs is 1. The molecule has 8 heteroatoms. The Morgan fingerprint density at radius 1 is 1.46 bits per heavy atom. The minimum atomic E-state index is -0.803. The summed E-state index contributed by atoms with van der Waals surface area (Å²) in [7, 11) is 0. The first-order valence-corrected chi connectivity index (χ1v) is 8.12. The molecule has 2 atom stereocenters. The average Bonchev–Trinajstić information content (AvgIpc) is 2.56. The third kappa shape index (κ3) is 4.97. The number of aliphatic hydroxyl groups is 1. The Morgan fingerprint density at radius 2 is 2.21 bits per heavy atom. The third-order valence-corrected chi connectivity index (χ3v) is 3.95. The van der Waals surface area contributed by atoms with Gasteiger partial charge >= 0.3 is 0 Å². The lowest BCUT2D eigenvalue weighted by Crippen LogP contribution is -2.35. The molecule has 0 bridgehead atoms. The van der Waals surface area contributed by atoms with Crippen molar-refractivity contribution in [2.75, 3.05) is 32.8 Å². The number of aliphatic hydroxyl groups excluding tert-OH is 1. The van der Waals surface area contributed by atoms with Gasteiger partial charge in [0, 0.05) is 18.5 Å². The van der Waals surface area contributed by atoms with Crippen molar-refractivity contribution < 1.29 is 24.5 Å². The molecule has 0 saturated carbocycles. The van der Waals surface area contributed by atoms with Crippen LogP contribution in [0.1, 0.15) is 19.4 Å². The van der Waals surface area contributed by atoms with Crippen molar-refractivity contribution in [2.24, 2.45) is 0 Å². The lowest BCUT2D eigenvalue weighted by molar-refractivity contribution is -0.769. The van der Waals surface area contributed by atoms with Crippen LogP contribution in [0.3, 0.4) is 0 Å². The summed E-state index contributed by atoms with van der Waals surface area (Å²) in [4.78, 5) is 17.1. The molecule has 2 rings (SSSR count). The number of benzene rings is 1. The fourth-order valence-electron chi connectivity index (χ4n) is 2.69. The van der Waals surface area contributed by atoms with Crippen LogP contribution in [0.5, 0.6) is 11.5 Å². The molecular formula is C16H24N2O6. The largest absolute Gasteiger partial charge is 0.487 e. The maximum absolute atomic E-state index is 10.4. The fourth-order valence-corrected chi connectivity index (χ4v) is 2.69. The van der Waals surface area contributed by atoms with Gasteiger partial charge in [0.2, 0.25) is 0 Å². The number of hydrogen-bond donors (Lipinski definition) is 1. The van der Waals surface area contributed by atoms with Crippen molar-refractivity contribution in [1.29, 1.82) is 0 Å². The Kier molecular flexibility index (Phi) is 6.62. The maximum atomic E-state index is 10.4. The Labute approximate surface area is 141 Å². The summed E-state index contributed by atoms with van der Waals surface area (Å²) in [6.45, 7) is 6.62. The van der Waals surface area contributed by atoms with Gasteiger partial charge in [-0.25, -0.2) is 0 Å². The molecule has 8 nitrogen and oxygen atoms in total. The molecule has 0 radical (unpaired) electrons. The topological polar surface area (TPSA) is 94.3 Å². The van der Waals surface area contributed by atoms with Gasteiger partial charge in [0.1, 0.15) is 25.4 Å². The zero-order valence-electron chi connectivity index (χ0n) is 14.0. The van der Waals surface area contributed by atoms with E-state index in [1.54, 1.807) is 12.1 Å². The minimum absolute atomic E-state index is 0.0936. The number of para-hydroxylation sites is 1. The van der Waals surface area contributed by atoms with Crippen LogP contribution in [0.25, 0.3) is 0 Å². The summed E-state index contributed by atoms with van der Waals surface area (Å²) >= 11 is 0. The standard InChI is InChI=1S/C16H24N2O6/c1-3-17(4-2)9-13(19)10-22-15-7-5-6-12-8-14(24-18(20)21)11-23-16(12)15/h5-7,13-14,19H,3-4,8-11H2,1-2H3. The number of ether oxygens (including phenoxy) is 2. The van der Waals surface area contributed by atoms with Crippen molar-refractivity contribution in [3.63, 3.8) is 0 Å². The van der Waals surface area contributed by atoms with Crippen LogP contribution in [0.4, 0.5) is 0 Å². The summed E-state index contributed by atoms with van der Waals surface area (Å²) in [6.07, 6.45) is -0.832. The van der Waals surface area contributed by atoms with Crippen molar-refractivity contribution in [3.8, 4) is 11.5 Å². The third-order valence-electron chi connectivity index (χ3n) is 3.95. The van der Waals surface area contributed by atoms with Gasteiger partial charge in [0.05, 0.1) is 0 Å². The molecule has 1 aromatic rings. The van der Waals surface area contributed by atoms with E-state index < -0.39 is 17.3 Å². The highest BCUT2D eigenvalue weighted by atomic mass is 17.0. The second-order valence-corrected chi connectivity index (χ2v) is 5.66. The number of hydrogen-bond acceptors (Lipinski definition) is 7. The smallest absolute Gasteiger partial charge is 0.294 e. The van der Waals surface area contributed by atoms with E-state index >= 15 is 0 Å². The van der Waals surface area contributed by atoms with E-state index in [9.17, 15) is 15.2 Å². The summed E-state index contributed by atoms with van der Waals surface area (Å²) in [5.41, 5.74) is 0.795. The van der Waals surface area contributed by atoms with Gasteiger partial charge < -0.3 is 24.3 Å². The molecule has 1 aliphatic heterocycles. The fraction of sp³-hybridized carbons (Fsp3) is 0.625. The molecule has 24 heavy (non-hydrogen) atoms.